The van der Waals surface area contributed by atoms with Crippen LogP contribution in [0.25, 0.3) is 0 Å². The van der Waals surface area contributed by atoms with Crippen LogP contribution in [-0.2, 0) is 9.59 Å². The number of aliphatic carboxylic acids is 2. The zero-order valence-electron chi connectivity index (χ0n) is 28.1. The fourth-order valence-corrected chi connectivity index (χ4v) is 4.72. The van der Waals surface area contributed by atoms with Crippen molar-refractivity contribution >= 4 is 35.0 Å². The summed E-state index contributed by atoms with van der Waals surface area (Å²) in [6.07, 6.45) is 34.0. The molecule has 7 heteroatoms. The minimum Gasteiger partial charge on any atom is -0.550 e. The third-order valence-corrected chi connectivity index (χ3v) is 7.43. The van der Waals surface area contributed by atoms with Crippen molar-refractivity contribution in [2.75, 3.05) is 0 Å². The van der Waals surface area contributed by atoms with Crippen LogP contribution in [0.4, 0.5) is 0 Å². The van der Waals surface area contributed by atoms with E-state index >= 15 is 0 Å². The van der Waals surface area contributed by atoms with Gasteiger partial charge in [-0.1, -0.05) is 128 Å². The number of aliphatic hydroxyl groups excluding tert-OH is 2. The summed E-state index contributed by atoms with van der Waals surface area (Å²) in [7, 11) is 0. The van der Waals surface area contributed by atoms with Crippen molar-refractivity contribution in [2.24, 2.45) is 0 Å². The fraction of sp³-hybridized carbons (Fsp3) is 0.833. The molecule has 0 unspecified atom stereocenters. The van der Waals surface area contributed by atoms with E-state index in [1.165, 1.54) is 38.5 Å². The Kier molecular flexibility index (Phi) is 42.3. The van der Waals surface area contributed by atoms with Crippen LogP contribution >= 0.6 is 0 Å². The summed E-state index contributed by atoms with van der Waals surface area (Å²) in [6, 6.07) is 0. The van der Waals surface area contributed by atoms with Crippen molar-refractivity contribution in [2.45, 2.75) is 193 Å². The second-order valence-corrected chi connectivity index (χ2v) is 11.8. The number of unbranched alkanes of at least 4 members (excludes halogenated alkanes) is 16. The van der Waals surface area contributed by atoms with E-state index < -0.39 is 11.9 Å². The van der Waals surface area contributed by atoms with E-state index in [0.717, 1.165) is 116 Å². The first-order valence-corrected chi connectivity index (χ1v) is 17.4. The standard InChI is InChI=1S/2C18H34O3.Mg/c2*1-2-3-4-11-14-17(19)15-12-9-7-5-6-8-10-13-16-18(20)21;/h2*9,12,17,19H,2-8,10-11,13-16H2,1H3,(H,20,21);/q;;+2/p-2/b2*12-9-;/t2*17-;/m11./s1. The smallest absolute Gasteiger partial charge is 0.550 e. The van der Waals surface area contributed by atoms with Crippen LogP contribution in [0.5, 0.6) is 0 Å². The largest absolute Gasteiger partial charge is 2.00 e. The number of carbonyl (C=O) groups excluding carboxylic acids is 2. The Morgan fingerprint density at radius 1 is 0.512 bits per heavy atom. The van der Waals surface area contributed by atoms with Crippen LogP contribution in [0.15, 0.2) is 24.3 Å². The van der Waals surface area contributed by atoms with Gasteiger partial charge in [0.2, 0.25) is 0 Å². The van der Waals surface area contributed by atoms with E-state index in [4.69, 9.17) is 0 Å². The van der Waals surface area contributed by atoms with Crippen LogP contribution in [0.3, 0.4) is 0 Å². The fourth-order valence-electron chi connectivity index (χ4n) is 4.72. The van der Waals surface area contributed by atoms with Gasteiger partial charge in [0, 0.05) is 11.9 Å². The molecule has 0 saturated heterocycles. The van der Waals surface area contributed by atoms with Gasteiger partial charge in [-0.2, -0.15) is 0 Å². The Morgan fingerprint density at radius 3 is 1.19 bits per heavy atom. The molecule has 43 heavy (non-hydrogen) atoms. The van der Waals surface area contributed by atoms with Crippen molar-refractivity contribution in [3.05, 3.63) is 24.3 Å². The minimum absolute atomic E-state index is 0. The molecule has 0 aliphatic carbocycles. The van der Waals surface area contributed by atoms with Crippen molar-refractivity contribution < 1.29 is 30.0 Å². The zero-order chi connectivity index (χ0) is 31.5. The van der Waals surface area contributed by atoms with Crippen molar-refractivity contribution in [3.63, 3.8) is 0 Å². The SMILES string of the molecule is CCCCCC[C@@H](O)C/C=C\CCCCCCCC(=O)[O-].CCCCCC[C@@H](O)C/C=C\CCCCCCCC(=O)[O-].[Mg+2]. The molecule has 0 aliphatic heterocycles. The van der Waals surface area contributed by atoms with E-state index in [9.17, 15) is 30.0 Å². The van der Waals surface area contributed by atoms with Gasteiger partial charge >= 0.3 is 23.1 Å². The molecule has 0 aromatic rings. The maximum absolute atomic E-state index is 10.2. The van der Waals surface area contributed by atoms with Gasteiger partial charge in [0.1, 0.15) is 0 Å². The van der Waals surface area contributed by atoms with E-state index in [1.54, 1.807) is 0 Å². The molecule has 0 aromatic carbocycles. The number of carboxylic acid groups (broad SMARTS) is 2. The molecule has 0 spiro atoms. The number of rotatable bonds is 30. The number of carboxylic acids is 2. The molecule has 0 heterocycles. The topological polar surface area (TPSA) is 121 Å². The number of aliphatic hydroxyl groups is 2. The molecule has 248 valence electrons. The number of hydrogen-bond acceptors (Lipinski definition) is 6. The first-order chi connectivity index (χ1) is 20.3. The molecule has 6 nitrogen and oxygen atoms in total. The summed E-state index contributed by atoms with van der Waals surface area (Å²) in [5, 5.41) is 40.0. The van der Waals surface area contributed by atoms with Gasteiger partial charge in [-0.25, -0.2) is 0 Å². The molecular formula is C36H66MgO6. The quantitative estimate of drug-likeness (QED) is 0.0503. The average Bonchev–Trinajstić information content (AvgIpc) is 2.95. The summed E-state index contributed by atoms with van der Waals surface area (Å²) in [4.78, 5) is 20.4. The molecule has 0 radical (unpaired) electrons. The van der Waals surface area contributed by atoms with Crippen molar-refractivity contribution in [3.8, 4) is 0 Å². The van der Waals surface area contributed by atoms with Gasteiger partial charge in [0.15, 0.2) is 0 Å². The van der Waals surface area contributed by atoms with Crippen LogP contribution in [0, 0.1) is 0 Å². The monoisotopic (exact) mass is 618 g/mol. The van der Waals surface area contributed by atoms with Crippen molar-refractivity contribution in [1.82, 2.24) is 0 Å². The molecule has 0 fully saturated rings. The Labute approximate surface area is 281 Å². The first-order valence-electron chi connectivity index (χ1n) is 17.4. The Balaban J connectivity index is -0.000000727. The normalized spacial score (nSPS) is 12.6. The molecular weight excluding hydrogens is 553 g/mol. The second kappa shape index (κ2) is 39.1. The van der Waals surface area contributed by atoms with E-state index in [0.29, 0.717) is 0 Å². The van der Waals surface area contributed by atoms with Gasteiger partial charge in [0.05, 0.1) is 12.2 Å². The number of hydrogen-bond donors (Lipinski definition) is 2. The number of allylic oxidation sites excluding steroid dienone is 2. The predicted octanol–water partition coefficient (Wildman–Crippen LogP) is 7.11. The van der Waals surface area contributed by atoms with Gasteiger partial charge < -0.3 is 30.0 Å². The molecule has 0 aliphatic rings. The minimum atomic E-state index is -0.939. The van der Waals surface area contributed by atoms with Gasteiger partial charge in [-0.3, -0.25) is 0 Å². The van der Waals surface area contributed by atoms with Crippen molar-refractivity contribution in [1.29, 1.82) is 0 Å². The molecule has 0 bridgehead atoms. The third kappa shape index (κ3) is 45.7. The van der Waals surface area contributed by atoms with Gasteiger partial charge in [-0.05, 0) is 77.0 Å². The predicted molar refractivity (Wildman–Crippen MR) is 177 cm³/mol. The molecule has 0 saturated carbocycles. The molecule has 0 aromatic heterocycles. The van der Waals surface area contributed by atoms with Crippen LogP contribution in [0.2, 0.25) is 0 Å². The Hall–Kier alpha value is -0.894. The summed E-state index contributed by atoms with van der Waals surface area (Å²) in [5.74, 6) is -1.88. The molecule has 0 rings (SSSR count). The average molecular weight is 619 g/mol. The molecule has 0 amide bonds. The van der Waals surface area contributed by atoms with Crippen LogP contribution in [-0.4, -0.2) is 57.4 Å². The van der Waals surface area contributed by atoms with Gasteiger partial charge in [0.25, 0.3) is 0 Å². The second-order valence-electron chi connectivity index (χ2n) is 11.8. The maximum atomic E-state index is 10.2. The van der Waals surface area contributed by atoms with E-state index in [-0.39, 0.29) is 48.1 Å². The summed E-state index contributed by atoms with van der Waals surface area (Å²) in [5.41, 5.74) is 0. The first kappa shape index (κ1) is 46.5. The summed E-state index contributed by atoms with van der Waals surface area (Å²) in [6.45, 7) is 4.39. The van der Waals surface area contributed by atoms with E-state index in [1.807, 2.05) is 0 Å². The Bertz CT molecular complexity index is 583. The van der Waals surface area contributed by atoms with Crippen LogP contribution in [0.1, 0.15) is 181 Å². The van der Waals surface area contributed by atoms with E-state index in [2.05, 4.69) is 38.2 Å². The van der Waals surface area contributed by atoms with Crippen LogP contribution < -0.4 is 10.2 Å². The molecule has 2 atom stereocenters. The zero-order valence-corrected chi connectivity index (χ0v) is 29.5. The maximum Gasteiger partial charge on any atom is 2.00 e. The molecule has 2 N–H and O–H groups in total. The summed E-state index contributed by atoms with van der Waals surface area (Å²) >= 11 is 0. The number of carbonyl (C=O) groups is 2. The Morgan fingerprint density at radius 2 is 0.837 bits per heavy atom. The third-order valence-electron chi connectivity index (χ3n) is 7.43. The summed E-state index contributed by atoms with van der Waals surface area (Å²) < 4.78 is 0. The van der Waals surface area contributed by atoms with Gasteiger partial charge in [-0.15, -0.1) is 0 Å².